The molecule has 11 heavy (non-hydrogen) atoms. The van der Waals surface area contributed by atoms with Crippen LogP contribution in [0.15, 0.2) is 42.7 Å². The van der Waals surface area contributed by atoms with E-state index in [2.05, 4.69) is 5.10 Å². The van der Waals surface area contributed by atoms with Crippen molar-refractivity contribution in [3.8, 4) is 0 Å². The molecule has 0 fully saturated rings. The van der Waals surface area contributed by atoms with Gasteiger partial charge in [-0.05, 0) is 17.2 Å². The van der Waals surface area contributed by atoms with Gasteiger partial charge >= 0.3 is 0 Å². The fourth-order valence-electron chi connectivity index (χ4n) is 0.937. The molecular weight excluding hydrogens is 204 g/mol. The first-order chi connectivity index (χ1) is 4.97. The molecule has 56 valence electrons. The van der Waals surface area contributed by atoms with Crippen LogP contribution in [0.1, 0.15) is 0 Å². The normalized spacial score (nSPS) is 9.09. The summed E-state index contributed by atoms with van der Waals surface area (Å²) in [5.41, 5.74) is 1.12. The average Bonchev–Trinajstić information content (AvgIpc) is 2.05. The first-order valence-corrected chi connectivity index (χ1v) is 3.18. The lowest BCUT2D eigenvalue weighted by Crippen LogP contribution is -3.00. The SMILES string of the molecule is [Br-].c1cc[n+]2ncccc2c1. The highest BCUT2D eigenvalue weighted by Gasteiger charge is 1.95. The molecule has 0 bridgehead atoms. The van der Waals surface area contributed by atoms with E-state index in [1.165, 1.54) is 0 Å². The highest BCUT2D eigenvalue weighted by atomic mass is 79.9. The highest BCUT2D eigenvalue weighted by molar-refractivity contribution is 5.36. The predicted molar refractivity (Wildman–Crippen MR) is 37.4 cm³/mol. The van der Waals surface area contributed by atoms with Gasteiger partial charge in [-0.2, -0.15) is 0 Å². The maximum atomic E-state index is 4.10. The van der Waals surface area contributed by atoms with E-state index in [9.17, 15) is 0 Å². The lowest BCUT2D eigenvalue weighted by Gasteiger charge is -1.82. The van der Waals surface area contributed by atoms with Crippen molar-refractivity contribution in [3.63, 3.8) is 0 Å². The van der Waals surface area contributed by atoms with Gasteiger partial charge in [0.05, 0.1) is 6.20 Å². The summed E-state index contributed by atoms with van der Waals surface area (Å²) in [4.78, 5) is 0. The van der Waals surface area contributed by atoms with E-state index in [0.29, 0.717) is 0 Å². The molecule has 2 aromatic rings. The van der Waals surface area contributed by atoms with Gasteiger partial charge in [0.1, 0.15) is 0 Å². The molecular formula is C8H7BrN2. The second-order valence-electron chi connectivity index (χ2n) is 2.09. The van der Waals surface area contributed by atoms with Gasteiger partial charge in [-0.3, -0.25) is 0 Å². The Balaban J connectivity index is 0.000000605. The Morgan fingerprint density at radius 2 is 1.91 bits per heavy atom. The van der Waals surface area contributed by atoms with Crippen LogP contribution in [0.2, 0.25) is 0 Å². The highest BCUT2D eigenvalue weighted by Crippen LogP contribution is 1.90. The summed E-state index contributed by atoms with van der Waals surface area (Å²) in [5.74, 6) is 0. The first-order valence-electron chi connectivity index (χ1n) is 3.18. The molecule has 0 spiro atoms. The van der Waals surface area contributed by atoms with E-state index in [4.69, 9.17) is 0 Å². The summed E-state index contributed by atoms with van der Waals surface area (Å²) in [5, 5.41) is 4.10. The number of fused-ring (bicyclic) bond motifs is 1. The van der Waals surface area contributed by atoms with E-state index in [1.54, 1.807) is 6.20 Å². The van der Waals surface area contributed by atoms with Crippen molar-refractivity contribution >= 4 is 5.52 Å². The summed E-state index contributed by atoms with van der Waals surface area (Å²) in [7, 11) is 0. The quantitative estimate of drug-likeness (QED) is 0.453. The van der Waals surface area contributed by atoms with Crippen molar-refractivity contribution in [2.24, 2.45) is 0 Å². The molecule has 2 heterocycles. The molecule has 2 aromatic heterocycles. The fourth-order valence-corrected chi connectivity index (χ4v) is 0.937. The lowest BCUT2D eigenvalue weighted by atomic mass is 10.4. The summed E-state index contributed by atoms with van der Waals surface area (Å²) in [6, 6.07) is 9.92. The molecule has 0 saturated heterocycles. The van der Waals surface area contributed by atoms with Crippen molar-refractivity contribution in [3.05, 3.63) is 42.7 Å². The number of hydrogen-bond donors (Lipinski definition) is 0. The van der Waals surface area contributed by atoms with Gasteiger partial charge in [-0.1, -0.05) is 4.52 Å². The molecule has 2 nitrogen and oxygen atoms in total. The first kappa shape index (κ1) is 8.14. The summed E-state index contributed by atoms with van der Waals surface area (Å²) in [6.45, 7) is 0. The zero-order valence-electron chi connectivity index (χ0n) is 5.81. The Bertz CT molecular complexity index is 283. The number of rotatable bonds is 0. The Morgan fingerprint density at radius 1 is 1.09 bits per heavy atom. The third kappa shape index (κ3) is 1.54. The molecule has 0 radical (unpaired) electrons. The van der Waals surface area contributed by atoms with Crippen LogP contribution in [0.5, 0.6) is 0 Å². The van der Waals surface area contributed by atoms with Gasteiger partial charge in [0.25, 0.3) is 0 Å². The zero-order chi connectivity index (χ0) is 6.81. The monoisotopic (exact) mass is 210 g/mol. The smallest absolute Gasteiger partial charge is 0.238 e. The third-order valence-corrected chi connectivity index (χ3v) is 1.41. The van der Waals surface area contributed by atoms with Crippen molar-refractivity contribution in [1.29, 1.82) is 0 Å². The lowest BCUT2D eigenvalue weighted by molar-refractivity contribution is -0.580. The maximum absolute atomic E-state index is 4.10. The van der Waals surface area contributed by atoms with Crippen LogP contribution < -0.4 is 21.5 Å². The van der Waals surface area contributed by atoms with Crippen LogP contribution in [-0.4, -0.2) is 5.10 Å². The maximum Gasteiger partial charge on any atom is 0.238 e. The molecule has 0 N–H and O–H groups in total. The van der Waals surface area contributed by atoms with Crippen molar-refractivity contribution in [1.82, 2.24) is 5.10 Å². The number of nitrogens with zero attached hydrogens (tertiary/aromatic N) is 2. The Kier molecular flexibility index (Phi) is 2.54. The molecule has 0 aromatic carbocycles. The van der Waals surface area contributed by atoms with Gasteiger partial charge in [0.2, 0.25) is 11.7 Å². The second-order valence-corrected chi connectivity index (χ2v) is 2.09. The predicted octanol–water partition coefficient (Wildman–Crippen LogP) is -2.18. The standard InChI is InChI=1S/C8H7N2.BrH/c1-2-7-10-8(4-1)5-3-6-9-10;/h1-7H;1H/q+1;/p-1. The van der Waals surface area contributed by atoms with E-state index in [1.807, 2.05) is 41.0 Å². The summed E-state index contributed by atoms with van der Waals surface area (Å²) >= 11 is 0. The molecule has 0 aliphatic carbocycles. The number of halogens is 1. The van der Waals surface area contributed by atoms with Gasteiger partial charge < -0.3 is 17.0 Å². The van der Waals surface area contributed by atoms with Crippen LogP contribution in [-0.2, 0) is 0 Å². The molecule has 2 rings (SSSR count). The summed E-state index contributed by atoms with van der Waals surface area (Å²) in [6.07, 6.45) is 3.70. The Labute approximate surface area is 75.3 Å². The second kappa shape index (κ2) is 3.44. The van der Waals surface area contributed by atoms with Crippen molar-refractivity contribution < 1.29 is 21.5 Å². The van der Waals surface area contributed by atoms with Gasteiger partial charge in [0, 0.05) is 18.2 Å². The van der Waals surface area contributed by atoms with Crippen LogP contribution in [0.3, 0.4) is 0 Å². The number of aromatic nitrogens is 2. The van der Waals surface area contributed by atoms with E-state index >= 15 is 0 Å². The van der Waals surface area contributed by atoms with E-state index in [-0.39, 0.29) is 17.0 Å². The van der Waals surface area contributed by atoms with Gasteiger partial charge in [0.15, 0.2) is 0 Å². The average molecular weight is 211 g/mol. The van der Waals surface area contributed by atoms with E-state index < -0.39 is 0 Å². The molecule has 3 heteroatoms. The minimum absolute atomic E-state index is 0. The van der Waals surface area contributed by atoms with Crippen LogP contribution in [0.4, 0.5) is 0 Å². The number of pyridine rings is 1. The van der Waals surface area contributed by atoms with Crippen LogP contribution in [0.25, 0.3) is 5.52 Å². The number of hydrogen-bond acceptors (Lipinski definition) is 1. The molecule has 0 aliphatic rings. The molecule has 0 saturated carbocycles. The Hall–Kier alpha value is -0.960. The largest absolute Gasteiger partial charge is 1.00 e. The molecule has 0 atom stereocenters. The molecule has 0 amide bonds. The van der Waals surface area contributed by atoms with Crippen molar-refractivity contribution in [2.75, 3.05) is 0 Å². The minimum Gasteiger partial charge on any atom is -1.00 e. The van der Waals surface area contributed by atoms with Gasteiger partial charge in [-0.25, -0.2) is 0 Å². The topological polar surface area (TPSA) is 17.0 Å². The Morgan fingerprint density at radius 3 is 2.73 bits per heavy atom. The van der Waals surface area contributed by atoms with Crippen LogP contribution >= 0.6 is 0 Å². The van der Waals surface area contributed by atoms with Crippen LogP contribution in [0, 0.1) is 0 Å². The summed E-state index contributed by atoms with van der Waals surface area (Å²) < 4.78 is 1.83. The van der Waals surface area contributed by atoms with Crippen molar-refractivity contribution in [2.45, 2.75) is 0 Å². The molecule has 0 unspecified atom stereocenters. The third-order valence-electron chi connectivity index (χ3n) is 1.41. The van der Waals surface area contributed by atoms with E-state index in [0.717, 1.165) is 5.52 Å². The zero-order valence-corrected chi connectivity index (χ0v) is 7.40. The van der Waals surface area contributed by atoms with Gasteiger partial charge in [-0.15, -0.1) is 0 Å². The molecule has 0 aliphatic heterocycles. The minimum atomic E-state index is 0. The fraction of sp³-hybridized carbons (Fsp3) is 0.